The van der Waals surface area contributed by atoms with Crippen molar-refractivity contribution in [3.8, 4) is 0 Å². The molecule has 21 heavy (non-hydrogen) atoms. The van der Waals surface area contributed by atoms with Gasteiger partial charge in [-0.3, -0.25) is 14.8 Å². The molecule has 0 aliphatic rings. The van der Waals surface area contributed by atoms with Crippen LogP contribution in [0.25, 0.3) is 10.9 Å². The van der Waals surface area contributed by atoms with Crippen LogP contribution < -0.4 is 10.5 Å². The molecule has 0 spiro atoms. The summed E-state index contributed by atoms with van der Waals surface area (Å²) in [6.45, 7) is 0.0871. The molecule has 2 aromatic heterocycles. The van der Waals surface area contributed by atoms with E-state index in [9.17, 15) is 8.42 Å². The zero-order valence-electron chi connectivity index (χ0n) is 10.9. The number of hydrogen-bond donors (Lipinski definition) is 3. The normalized spacial score (nSPS) is 11.7. The highest BCUT2D eigenvalue weighted by molar-refractivity contribution is 7.92. The standard InChI is InChI=1S/C13H13N5O2S/c14-7-9-8-16-17-13(9)21(19,20)18-12-5-1-4-11-10(12)3-2-6-15-11/h1-6,8,18H,7,14H2,(H,16,17). The van der Waals surface area contributed by atoms with E-state index in [2.05, 4.69) is 19.9 Å². The maximum absolute atomic E-state index is 12.4. The molecular weight excluding hydrogens is 290 g/mol. The number of benzene rings is 1. The Morgan fingerprint density at radius 2 is 2.10 bits per heavy atom. The lowest BCUT2D eigenvalue weighted by molar-refractivity contribution is 0.596. The number of aromatic amines is 1. The van der Waals surface area contributed by atoms with Gasteiger partial charge in [-0.1, -0.05) is 6.07 Å². The van der Waals surface area contributed by atoms with Crippen LogP contribution in [0.5, 0.6) is 0 Å². The smallest absolute Gasteiger partial charge is 0.279 e. The molecule has 0 amide bonds. The number of fused-ring (bicyclic) bond motifs is 1. The second kappa shape index (κ2) is 5.15. The molecule has 0 saturated heterocycles. The SMILES string of the molecule is NCc1cn[nH]c1S(=O)(=O)Nc1cccc2ncccc12. The minimum atomic E-state index is -3.78. The second-order valence-electron chi connectivity index (χ2n) is 4.41. The fourth-order valence-corrected chi connectivity index (χ4v) is 3.29. The van der Waals surface area contributed by atoms with Crippen LogP contribution in [0.2, 0.25) is 0 Å². The molecule has 0 aliphatic carbocycles. The van der Waals surface area contributed by atoms with Crippen molar-refractivity contribution in [1.82, 2.24) is 15.2 Å². The lowest BCUT2D eigenvalue weighted by atomic mass is 10.2. The average molecular weight is 303 g/mol. The van der Waals surface area contributed by atoms with Gasteiger partial charge in [-0.2, -0.15) is 13.5 Å². The van der Waals surface area contributed by atoms with Crippen molar-refractivity contribution in [2.45, 2.75) is 11.6 Å². The number of pyridine rings is 1. The van der Waals surface area contributed by atoms with Crippen molar-refractivity contribution in [2.24, 2.45) is 5.73 Å². The number of nitrogens with two attached hydrogens (primary N) is 1. The third-order valence-corrected chi connectivity index (χ3v) is 4.44. The van der Waals surface area contributed by atoms with Gasteiger partial charge in [-0.15, -0.1) is 0 Å². The van der Waals surface area contributed by atoms with Crippen LogP contribution in [-0.2, 0) is 16.6 Å². The first kappa shape index (κ1) is 13.5. The highest BCUT2D eigenvalue weighted by Gasteiger charge is 2.21. The van der Waals surface area contributed by atoms with Crippen molar-refractivity contribution in [3.63, 3.8) is 0 Å². The summed E-state index contributed by atoms with van der Waals surface area (Å²) < 4.78 is 27.4. The average Bonchev–Trinajstić information content (AvgIpc) is 2.97. The molecule has 0 bridgehead atoms. The van der Waals surface area contributed by atoms with E-state index in [4.69, 9.17) is 5.73 Å². The van der Waals surface area contributed by atoms with Crippen LogP contribution in [0, 0.1) is 0 Å². The molecule has 2 heterocycles. The third-order valence-electron chi connectivity index (χ3n) is 3.06. The zero-order valence-corrected chi connectivity index (χ0v) is 11.8. The highest BCUT2D eigenvalue weighted by atomic mass is 32.2. The molecule has 4 N–H and O–H groups in total. The third kappa shape index (κ3) is 2.46. The number of nitrogens with one attached hydrogen (secondary N) is 2. The Balaban J connectivity index is 2.06. The van der Waals surface area contributed by atoms with Crippen molar-refractivity contribution < 1.29 is 8.42 Å². The van der Waals surface area contributed by atoms with E-state index >= 15 is 0 Å². The van der Waals surface area contributed by atoms with E-state index in [-0.39, 0.29) is 11.6 Å². The lowest BCUT2D eigenvalue weighted by Gasteiger charge is -2.10. The van der Waals surface area contributed by atoms with Gasteiger partial charge >= 0.3 is 0 Å². The molecule has 0 unspecified atom stereocenters. The van der Waals surface area contributed by atoms with Crippen molar-refractivity contribution in [3.05, 3.63) is 48.3 Å². The molecule has 7 nitrogen and oxygen atoms in total. The molecule has 108 valence electrons. The lowest BCUT2D eigenvalue weighted by Crippen LogP contribution is -2.16. The van der Waals surface area contributed by atoms with Gasteiger partial charge in [0.05, 0.1) is 17.4 Å². The predicted molar refractivity (Wildman–Crippen MR) is 79.0 cm³/mol. The van der Waals surface area contributed by atoms with E-state index < -0.39 is 10.0 Å². The Labute approximate surface area is 121 Å². The van der Waals surface area contributed by atoms with Gasteiger partial charge in [-0.05, 0) is 24.3 Å². The number of sulfonamides is 1. The minimum absolute atomic E-state index is 0.0223. The first-order valence-corrected chi connectivity index (χ1v) is 7.69. The summed E-state index contributed by atoms with van der Waals surface area (Å²) >= 11 is 0. The maximum atomic E-state index is 12.4. The molecule has 0 radical (unpaired) electrons. The largest absolute Gasteiger partial charge is 0.326 e. The van der Waals surface area contributed by atoms with Gasteiger partial charge in [-0.25, -0.2) is 0 Å². The summed E-state index contributed by atoms with van der Waals surface area (Å²) in [6, 6.07) is 8.79. The van der Waals surface area contributed by atoms with Crippen LogP contribution in [0.15, 0.2) is 47.8 Å². The molecule has 0 aliphatic heterocycles. The van der Waals surface area contributed by atoms with Crippen LogP contribution in [0.1, 0.15) is 5.56 Å². The number of hydrogen-bond acceptors (Lipinski definition) is 5. The zero-order chi connectivity index (χ0) is 14.9. The predicted octanol–water partition coefficient (Wildman–Crippen LogP) is 1.22. The summed E-state index contributed by atoms with van der Waals surface area (Å²) in [5.41, 5.74) is 7.11. The number of nitrogens with zero attached hydrogens (tertiary/aromatic N) is 2. The molecule has 3 rings (SSSR count). The number of aromatic nitrogens is 3. The summed E-state index contributed by atoms with van der Waals surface area (Å²) in [6.07, 6.45) is 3.06. The Bertz CT molecular complexity index is 883. The number of H-pyrrole nitrogens is 1. The van der Waals surface area contributed by atoms with Gasteiger partial charge in [0.15, 0.2) is 5.03 Å². The first-order valence-electron chi connectivity index (χ1n) is 6.21. The first-order chi connectivity index (χ1) is 10.1. The van der Waals surface area contributed by atoms with Crippen LogP contribution in [0.3, 0.4) is 0 Å². The number of anilines is 1. The highest BCUT2D eigenvalue weighted by Crippen LogP contribution is 2.24. The monoisotopic (exact) mass is 303 g/mol. The maximum Gasteiger partial charge on any atom is 0.279 e. The van der Waals surface area contributed by atoms with Crippen molar-refractivity contribution >= 4 is 26.6 Å². The van der Waals surface area contributed by atoms with Crippen LogP contribution >= 0.6 is 0 Å². The van der Waals surface area contributed by atoms with E-state index in [1.165, 1.54) is 6.20 Å². The van der Waals surface area contributed by atoms with E-state index in [0.717, 1.165) is 5.39 Å². The van der Waals surface area contributed by atoms with Gasteiger partial charge in [0, 0.05) is 23.7 Å². The summed E-state index contributed by atoms with van der Waals surface area (Å²) in [7, 11) is -3.78. The second-order valence-corrected chi connectivity index (χ2v) is 6.03. The van der Waals surface area contributed by atoms with E-state index in [0.29, 0.717) is 16.8 Å². The summed E-state index contributed by atoms with van der Waals surface area (Å²) in [5.74, 6) is 0. The molecule has 0 atom stereocenters. The Morgan fingerprint density at radius 3 is 2.90 bits per heavy atom. The van der Waals surface area contributed by atoms with E-state index in [1.54, 1.807) is 30.5 Å². The van der Waals surface area contributed by atoms with Crippen molar-refractivity contribution in [2.75, 3.05) is 4.72 Å². The Morgan fingerprint density at radius 1 is 1.24 bits per heavy atom. The molecule has 3 aromatic rings. The molecular formula is C13H13N5O2S. The summed E-state index contributed by atoms with van der Waals surface area (Å²) in [4.78, 5) is 4.19. The minimum Gasteiger partial charge on any atom is -0.326 e. The number of rotatable bonds is 4. The van der Waals surface area contributed by atoms with Gasteiger partial charge in [0.25, 0.3) is 10.0 Å². The van der Waals surface area contributed by atoms with Gasteiger partial charge in [0.2, 0.25) is 0 Å². The fraction of sp³-hybridized carbons (Fsp3) is 0.0769. The van der Waals surface area contributed by atoms with E-state index in [1.807, 2.05) is 6.07 Å². The Kier molecular flexibility index (Phi) is 3.32. The molecule has 8 heteroatoms. The molecule has 0 saturated carbocycles. The van der Waals surface area contributed by atoms with Crippen LogP contribution in [-0.4, -0.2) is 23.6 Å². The van der Waals surface area contributed by atoms with Crippen LogP contribution in [0.4, 0.5) is 5.69 Å². The van der Waals surface area contributed by atoms with Gasteiger partial charge < -0.3 is 5.73 Å². The van der Waals surface area contributed by atoms with Crippen molar-refractivity contribution in [1.29, 1.82) is 0 Å². The fourth-order valence-electron chi connectivity index (χ4n) is 2.07. The molecule has 0 fully saturated rings. The quantitative estimate of drug-likeness (QED) is 0.670. The topological polar surface area (TPSA) is 114 Å². The van der Waals surface area contributed by atoms with Gasteiger partial charge in [0.1, 0.15) is 0 Å². The molecule has 1 aromatic carbocycles. The Hall–Kier alpha value is -2.45. The summed E-state index contributed by atoms with van der Waals surface area (Å²) in [5, 5.41) is 6.89.